The molecule has 2 aromatic heterocycles. The highest BCUT2D eigenvalue weighted by atomic mass is 35.5. The van der Waals surface area contributed by atoms with E-state index in [1.54, 1.807) is 0 Å². The Morgan fingerprint density at radius 2 is 1.81 bits per heavy atom. The summed E-state index contributed by atoms with van der Waals surface area (Å²) in [5.74, 6) is -2.67. The molecule has 0 spiro atoms. The third-order valence-corrected chi connectivity index (χ3v) is 5.23. The molecule has 1 amide bonds. The Bertz CT molecular complexity index is 1240. The van der Waals surface area contributed by atoms with E-state index < -0.39 is 33.8 Å². The van der Waals surface area contributed by atoms with Crippen LogP contribution in [0.15, 0.2) is 41.6 Å². The van der Waals surface area contributed by atoms with Gasteiger partial charge in [-0.3, -0.25) is 4.79 Å². The summed E-state index contributed by atoms with van der Waals surface area (Å²) in [6.07, 6.45) is -1.27. The predicted octanol–water partition coefficient (Wildman–Crippen LogP) is 2.74. The molecule has 0 aliphatic rings. The molecule has 1 aromatic carbocycles. The van der Waals surface area contributed by atoms with Gasteiger partial charge >= 0.3 is 6.18 Å². The van der Waals surface area contributed by atoms with Crippen LogP contribution in [0.3, 0.4) is 0 Å². The third kappa shape index (κ3) is 5.75. The largest absolute Gasteiger partial charge is 0.453 e. The van der Waals surface area contributed by atoms with Gasteiger partial charge in [0.1, 0.15) is 0 Å². The highest BCUT2D eigenvalue weighted by Gasteiger charge is 2.38. The molecule has 2 heterocycles. The molecule has 1 N–H and O–H groups in total. The number of hydrogen-bond acceptors (Lipinski definition) is 7. The fraction of sp³-hybridized carbons (Fsp3) is 0.235. The maximum Gasteiger partial charge on any atom is 0.453 e. The molecular weight excluding hydrogens is 493 g/mol. The van der Waals surface area contributed by atoms with Crippen molar-refractivity contribution in [2.24, 2.45) is 0 Å². The summed E-state index contributed by atoms with van der Waals surface area (Å²) in [7, 11) is -3.65. The van der Waals surface area contributed by atoms with E-state index in [4.69, 9.17) is 11.6 Å². The zero-order valence-corrected chi connectivity index (χ0v) is 19.0. The summed E-state index contributed by atoms with van der Waals surface area (Å²) in [5, 5.41) is 5.87. The number of carbonyl (C=O) groups is 1. The zero-order chi connectivity index (χ0) is 23.0. The third-order valence-electron chi connectivity index (χ3n) is 3.92. The first-order chi connectivity index (χ1) is 14.4. The van der Waals surface area contributed by atoms with Crippen molar-refractivity contribution in [3.05, 3.63) is 58.9 Å². The van der Waals surface area contributed by atoms with Gasteiger partial charge in [-0.05, 0) is 31.2 Å². The normalized spacial score (nSPS) is 12.7. The van der Waals surface area contributed by atoms with E-state index in [1.165, 1.54) is 37.5 Å². The minimum absolute atomic E-state index is 0. The highest BCUT2D eigenvalue weighted by Crippen LogP contribution is 2.28. The number of alkyl halides is 3. The lowest BCUT2D eigenvalue weighted by molar-refractivity contribution is -0.144. The Labute approximate surface area is 192 Å². The van der Waals surface area contributed by atoms with Crippen molar-refractivity contribution in [2.45, 2.75) is 24.0 Å². The van der Waals surface area contributed by atoms with Gasteiger partial charge in [0.15, 0.2) is 15.7 Å². The SMILES string of the molecule is C[C@@H](NC(=O)c1cc(Cl)cc(S(C)(=O)=O)c1)c1nc(C(F)(F)F)nn1-c1ncccn1.S. The number of rotatable bonds is 5. The van der Waals surface area contributed by atoms with Crippen LogP contribution in [0.5, 0.6) is 0 Å². The van der Waals surface area contributed by atoms with Gasteiger partial charge in [-0.2, -0.15) is 31.3 Å². The lowest BCUT2D eigenvalue weighted by Crippen LogP contribution is -2.29. The molecule has 1 atom stereocenters. The molecule has 0 aliphatic heterocycles. The number of amides is 1. The average Bonchev–Trinajstić information content (AvgIpc) is 3.13. The van der Waals surface area contributed by atoms with Crippen molar-refractivity contribution in [1.29, 1.82) is 0 Å². The van der Waals surface area contributed by atoms with Gasteiger partial charge in [-0.25, -0.2) is 23.4 Å². The van der Waals surface area contributed by atoms with Crippen LogP contribution in [0, 0.1) is 0 Å². The number of sulfone groups is 1. The van der Waals surface area contributed by atoms with Crippen molar-refractivity contribution >= 4 is 40.8 Å². The van der Waals surface area contributed by atoms with Crippen LogP contribution in [0.4, 0.5) is 13.2 Å². The van der Waals surface area contributed by atoms with Crippen LogP contribution in [0.25, 0.3) is 5.95 Å². The molecule has 0 saturated carbocycles. The Morgan fingerprint density at radius 3 is 2.38 bits per heavy atom. The molecule has 15 heteroatoms. The summed E-state index contributed by atoms with van der Waals surface area (Å²) in [5.41, 5.74) is -0.0992. The molecule has 9 nitrogen and oxygen atoms in total. The summed E-state index contributed by atoms with van der Waals surface area (Å²) in [6, 6.07) is 3.89. The standard InChI is InChI=1S/C17H14ClF3N6O3S.H2S/c1-9(24-14(28)10-6-11(18)8-12(7-10)31(2,29)30)13-25-15(17(19,20)21)26-27(13)16-22-4-3-5-23-16;/h3-9H,1-2H3,(H,24,28);1H2/t9-;/m1./s1. The van der Waals surface area contributed by atoms with E-state index in [1.807, 2.05) is 0 Å². The van der Waals surface area contributed by atoms with Crippen molar-refractivity contribution in [2.75, 3.05) is 6.26 Å². The van der Waals surface area contributed by atoms with Crippen LogP contribution in [0.1, 0.15) is 35.0 Å². The van der Waals surface area contributed by atoms with Gasteiger partial charge in [0.2, 0.25) is 0 Å². The lowest BCUT2D eigenvalue weighted by Gasteiger charge is -2.14. The predicted molar refractivity (Wildman–Crippen MR) is 113 cm³/mol. The number of aromatic nitrogens is 5. The molecular formula is C17H16ClF3N6O3S2. The van der Waals surface area contributed by atoms with Gasteiger partial charge in [0.25, 0.3) is 17.7 Å². The maximum atomic E-state index is 13.2. The second kappa shape index (κ2) is 9.42. The monoisotopic (exact) mass is 508 g/mol. The number of benzene rings is 1. The van der Waals surface area contributed by atoms with E-state index in [9.17, 15) is 26.4 Å². The first-order valence-electron chi connectivity index (χ1n) is 8.49. The minimum atomic E-state index is -4.84. The van der Waals surface area contributed by atoms with Gasteiger partial charge < -0.3 is 5.32 Å². The fourth-order valence-corrected chi connectivity index (χ4v) is 3.51. The molecule has 0 unspecified atom stereocenters. The van der Waals surface area contributed by atoms with Crippen LogP contribution in [-0.2, 0) is 16.0 Å². The summed E-state index contributed by atoms with van der Waals surface area (Å²) < 4.78 is 63.8. The van der Waals surface area contributed by atoms with Gasteiger partial charge in [-0.1, -0.05) is 11.6 Å². The second-order valence-corrected chi connectivity index (χ2v) is 8.85. The van der Waals surface area contributed by atoms with E-state index in [-0.39, 0.29) is 40.8 Å². The van der Waals surface area contributed by atoms with Crippen LogP contribution in [0.2, 0.25) is 5.02 Å². The summed E-state index contributed by atoms with van der Waals surface area (Å²) >= 11 is 5.90. The van der Waals surface area contributed by atoms with Gasteiger partial charge in [0.05, 0.1) is 10.9 Å². The smallest absolute Gasteiger partial charge is 0.342 e. The maximum absolute atomic E-state index is 13.2. The number of hydrogen-bond donors (Lipinski definition) is 1. The number of carbonyl (C=O) groups excluding carboxylic acids is 1. The van der Waals surface area contributed by atoms with Crippen molar-refractivity contribution < 1.29 is 26.4 Å². The topological polar surface area (TPSA) is 120 Å². The molecule has 0 fully saturated rings. The van der Waals surface area contributed by atoms with E-state index >= 15 is 0 Å². The molecule has 32 heavy (non-hydrogen) atoms. The Hall–Kier alpha value is -2.71. The number of nitrogens with zero attached hydrogens (tertiary/aromatic N) is 5. The van der Waals surface area contributed by atoms with E-state index in [0.717, 1.165) is 17.0 Å². The van der Waals surface area contributed by atoms with Crippen molar-refractivity contribution in [3.8, 4) is 5.95 Å². The Kier molecular flexibility index (Phi) is 7.52. The molecule has 0 bridgehead atoms. The van der Waals surface area contributed by atoms with E-state index in [2.05, 4.69) is 25.4 Å². The minimum Gasteiger partial charge on any atom is -0.342 e. The number of halogens is 4. The first kappa shape index (κ1) is 25.5. The lowest BCUT2D eigenvalue weighted by atomic mass is 10.2. The van der Waals surface area contributed by atoms with Crippen LogP contribution < -0.4 is 5.32 Å². The second-order valence-electron chi connectivity index (χ2n) is 6.39. The van der Waals surface area contributed by atoms with Gasteiger partial charge in [-0.15, -0.1) is 5.10 Å². The van der Waals surface area contributed by atoms with Crippen LogP contribution >= 0.6 is 25.1 Å². The van der Waals surface area contributed by atoms with Gasteiger partial charge in [0, 0.05) is 29.2 Å². The fourth-order valence-electron chi connectivity index (χ4n) is 2.52. The highest BCUT2D eigenvalue weighted by molar-refractivity contribution is 7.90. The molecule has 0 radical (unpaired) electrons. The first-order valence-corrected chi connectivity index (χ1v) is 10.8. The average molecular weight is 509 g/mol. The quantitative estimate of drug-likeness (QED) is 0.562. The Balaban J connectivity index is 0.00000363. The molecule has 0 aliphatic carbocycles. The molecule has 3 aromatic rings. The van der Waals surface area contributed by atoms with E-state index in [0.29, 0.717) is 0 Å². The summed E-state index contributed by atoms with van der Waals surface area (Å²) in [6.45, 7) is 1.38. The molecule has 3 rings (SSSR count). The Morgan fingerprint density at radius 1 is 1.19 bits per heavy atom. The van der Waals surface area contributed by atoms with Crippen LogP contribution in [-0.4, -0.2) is 45.3 Å². The van der Waals surface area contributed by atoms with Crippen molar-refractivity contribution in [3.63, 3.8) is 0 Å². The molecule has 172 valence electrons. The number of nitrogens with one attached hydrogen (secondary N) is 1. The summed E-state index contributed by atoms with van der Waals surface area (Å²) in [4.78, 5) is 23.7. The molecule has 0 saturated heterocycles. The van der Waals surface area contributed by atoms with Crippen molar-refractivity contribution in [1.82, 2.24) is 30.0 Å². The zero-order valence-electron chi connectivity index (χ0n) is 16.4.